The number of alkyl halides is 3. The predicted molar refractivity (Wildman–Crippen MR) is 79.6 cm³/mol. The van der Waals surface area contributed by atoms with Gasteiger partial charge in [-0.3, -0.25) is 0 Å². The number of para-hydroxylation sites is 1. The van der Waals surface area contributed by atoms with E-state index < -0.39 is 17.6 Å². The molecule has 1 N–H and O–H groups in total. The Kier molecular flexibility index (Phi) is 4.36. The van der Waals surface area contributed by atoms with Crippen LogP contribution in [0.3, 0.4) is 0 Å². The van der Waals surface area contributed by atoms with Crippen molar-refractivity contribution in [2.24, 2.45) is 0 Å². The van der Waals surface area contributed by atoms with Gasteiger partial charge in [0.05, 0.1) is 0 Å². The Morgan fingerprint density at radius 1 is 1.09 bits per heavy atom. The number of nitrogens with one attached hydrogen (secondary N) is 1. The van der Waals surface area contributed by atoms with E-state index in [9.17, 15) is 13.2 Å². The van der Waals surface area contributed by atoms with E-state index in [1.54, 1.807) is 12.1 Å². The van der Waals surface area contributed by atoms with Crippen LogP contribution < -0.4 is 10.1 Å². The van der Waals surface area contributed by atoms with E-state index in [0.29, 0.717) is 5.69 Å². The van der Waals surface area contributed by atoms with Crippen LogP contribution in [0.5, 0.6) is 5.88 Å². The number of ether oxygens (including phenoxy) is 1. The molecule has 7 heteroatoms. The van der Waals surface area contributed by atoms with Crippen LogP contribution in [0.1, 0.15) is 31.2 Å². The Morgan fingerprint density at radius 3 is 2.43 bits per heavy atom. The molecule has 0 spiro atoms. The van der Waals surface area contributed by atoms with Crippen molar-refractivity contribution in [2.75, 3.05) is 5.32 Å². The molecule has 122 valence electrons. The molecule has 0 unspecified atom stereocenters. The third-order valence-electron chi connectivity index (χ3n) is 3.67. The number of anilines is 2. The van der Waals surface area contributed by atoms with Gasteiger partial charge in [-0.05, 0) is 37.8 Å². The molecular weight excluding hydrogens is 307 g/mol. The van der Waals surface area contributed by atoms with Gasteiger partial charge in [0, 0.05) is 11.9 Å². The van der Waals surface area contributed by atoms with Gasteiger partial charge in [0.15, 0.2) is 0 Å². The van der Waals surface area contributed by atoms with Gasteiger partial charge in [-0.25, -0.2) is 4.98 Å². The lowest BCUT2D eigenvalue weighted by molar-refractivity contribution is -0.139. The summed E-state index contributed by atoms with van der Waals surface area (Å²) in [5, 5.41) is 2.88. The van der Waals surface area contributed by atoms with E-state index in [2.05, 4.69) is 15.3 Å². The minimum absolute atomic E-state index is 0.0807. The zero-order chi connectivity index (χ0) is 16.3. The molecule has 0 atom stereocenters. The smallest absolute Gasteiger partial charge is 0.423 e. The van der Waals surface area contributed by atoms with Crippen molar-refractivity contribution in [3.8, 4) is 5.88 Å². The lowest BCUT2D eigenvalue weighted by Gasteiger charge is -2.17. The van der Waals surface area contributed by atoms with Gasteiger partial charge in [0.2, 0.25) is 11.8 Å². The summed E-state index contributed by atoms with van der Waals surface area (Å²) in [7, 11) is 0. The summed E-state index contributed by atoms with van der Waals surface area (Å²) in [5.74, 6) is -0.324. The molecule has 1 aromatic heterocycles. The molecule has 0 amide bonds. The molecule has 3 rings (SSSR count). The summed E-state index contributed by atoms with van der Waals surface area (Å²) in [4.78, 5) is 7.69. The average Bonchev–Trinajstić information content (AvgIpc) is 3.00. The van der Waals surface area contributed by atoms with Crippen LogP contribution in [0.15, 0.2) is 36.5 Å². The highest BCUT2D eigenvalue weighted by Gasteiger charge is 2.37. The number of hydrogen-bond donors (Lipinski definition) is 1. The Morgan fingerprint density at radius 2 is 1.78 bits per heavy atom. The Labute approximate surface area is 131 Å². The maximum absolute atomic E-state index is 13.1. The summed E-state index contributed by atoms with van der Waals surface area (Å²) in [5.41, 5.74) is -0.248. The van der Waals surface area contributed by atoms with Crippen LogP contribution in [0.25, 0.3) is 0 Å². The second-order valence-corrected chi connectivity index (χ2v) is 5.43. The summed E-state index contributed by atoms with van der Waals surface area (Å²) in [6.07, 6.45) is -0.554. The van der Waals surface area contributed by atoms with E-state index in [4.69, 9.17) is 4.74 Å². The third kappa shape index (κ3) is 3.91. The molecule has 1 aliphatic rings. The highest BCUT2D eigenvalue weighted by atomic mass is 19.4. The van der Waals surface area contributed by atoms with Crippen molar-refractivity contribution < 1.29 is 17.9 Å². The monoisotopic (exact) mass is 323 g/mol. The maximum atomic E-state index is 13.1. The standard InChI is InChI=1S/C16H16F3N3O/c17-16(18,19)13-10-20-15(21-11-6-2-1-3-7-11)22-14(13)23-12-8-4-5-9-12/h1-3,6-7,10,12H,4-5,8-9H2,(H,20,21,22). The molecule has 2 aromatic rings. The van der Waals surface area contributed by atoms with E-state index in [0.717, 1.165) is 31.9 Å². The average molecular weight is 323 g/mol. The van der Waals surface area contributed by atoms with Gasteiger partial charge in [-0.15, -0.1) is 0 Å². The summed E-state index contributed by atoms with van der Waals surface area (Å²) in [6.45, 7) is 0. The Balaban J connectivity index is 1.87. The molecule has 1 heterocycles. The van der Waals surface area contributed by atoms with E-state index >= 15 is 0 Å². The summed E-state index contributed by atoms with van der Waals surface area (Å²) < 4.78 is 44.8. The predicted octanol–water partition coefficient (Wildman–Crippen LogP) is 4.56. The maximum Gasteiger partial charge on any atom is 0.423 e. The van der Waals surface area contributed by atoms with Crippen molar-refractivity contribution in [1.29, 1.82) is 0 Å². The molecule has 4 nitrogen and oxygen atoms in total. The van der Waals surface area contributed by atoms with Gasteiger partial charge in [0.25, 0.3) is 0 Å². The lowest BCUT2D eigenvalue weighted by atomic mass is 10.3. The quantitative estimate of drug-likeness (QED) is 0.896. The molecule has 1 aromatic carbocycles. The fourth-order valence-electron chi connectivity index (χ4n) is 2.53. The number of rotatable bonds is 4. The molecule has 1 saturated carbocycles. The van der Waals surface area contributed by atoms with Crippen molar-refractivity contribution >= 4 is 11.6 Å². The zero-order valence-corrected chi connectivity index (χ0v) is 12.3. The Bertz CT molecular complexity index is 655. The van der Waals surface area contributed by atoms with Crippen LogP contribution in [-0.2, 0) is 6.18 Å². The first-order chi connectivity index (χ1) is 11.0. The van der Waals surface area contributed by atoms with Crippen molar-refractivity contribution in [2.45, 2.75) is 38.0 Å². The number of halogens is 3. The molecule has 1 aliphatic carbocycles. The Hall–Kier alpha value is -2.31. The molecule has 1 fully saturated rings. The SMILES string of the molecule is FC(F)(F)c1cnc(Nc2ccccc2)nc1OC1CCCC1. The molecule has 0 bridgehead atoms. The van der Waals surface area contributed by atoms with E-state index in [1.165, 1.54) is 0 Å². The van der Waals surface area contributed by atoms with Gasteiger partial charge in [-0.1, -0.05) is 18.2 Å². The lowest BCUT2D eigenvalue weighted by Crippen LogP contribution is -2.17. The number of hydrogen-bond acceptors (Lipinski definition) is 4. The third-order valence-corrected chi connectivity index (χ3v) is 3.67. The molecule has 0 aliphatic heterocycles. The van der Waals surface area contributed by atoms with Gasteiger partial charge in [0.1, 0.15) is 11.7 Å². The first-order valence-electron chi connectivity index (χ1n) is 7.45. The molecule has 23 heavy (non-hydrogen) atoms. The first kappa shape index (κ1) is 15.6. The zero-order valence-electron chi connectivity index (χ0n) is 12.3. The van der Waals surface area contributed by atoms with Crippen LogP contribution in [0.2, 0.25) is 0 Å². The van der Waals surface area contributed by atoms with Gasteiger partial charge >= 0.3 is 6.18 Å². The molecule has 0 saturated heterocycles. The van der Waals surface area contributed by atoms with Crippen molar-refractivity contribution in [3.63, 3.8) is 0 Å². The summed E-state index contributed by atoms with van der Waals surface area (Å²) >= 11 is 0. The van der Waals surface area contributed by atoms with Crippen LogP contribution in [0.4, 0.5) is 24.8 Å². The largest absolute Gasteiger partial charge is 0.474 e. The van der Waals surface area contributed by atoms with Crippen LogP contribution in [0, 0.1) is 0 Å². The second kappa shape index (κ2) is 6.44. The fourth-order valence-corrected chi connectivity index (χ4v) is 2.53. The fraction of sp³-hybridized carbons (Fsp3) is 0.375. The summed E-state index contributed by atoms with van der Waals surface area (Å²) in [6, 6.07) is 9.01. The topological polar surface area (TPSA) is 47.0 Å². The minimum atomic E-state index is -4.54. The number of benzene rings is 1. The van der Waals surface area contributed by atoms with Crippen LogP contribution >= 0.6 is 0 Å². The normalized spacial score (nSPS) is 15.6. The second-order valence-electron chi connectivity index (χ2n) is 5.43. The number of aromatic nitrogens is 2. The molecule has 0 radical (unpaired) electrons. The minimum Gasteiger partial charge on any atom is -0.474 e. The van der Waals surface area contributed by atoms with E-state index in [-0.39, 0.29) is 12.1 Å². The highest BCUT2D eigenvalue weighted by Crippen LogP contribution is 2.37. The van der Waals surface area contributed by atoms with E-state index in [1.807, 2.05) is 18.2 Å². The molecular formula is C16H16F3N3O. The first-order valence-corrected chi connectivity index (χ1v) is 7.45. The van der Waals surface area contributed by atoms with Crippen LogP contribution in [-0.4, -0.2) is 16.1 Å². The highest BCUT2D eigenvalue weighted by molar-refractivity contribution is 5.53. The van der Waals surface area contributed by atoms with Crippen molar-refractivity contribution in [1.82, 2.24) is 9.97 Å². The van der Waals surface area contributed by atoms with Crippen molar-refractivity contribution in [3.05, 3.63) is 42.1 Å². The number of nitrogens with zero attached hydrogens (tertiary/aromatic N) is 2. The van der Waals surface area contributed by atoms with Gasteiger partial charge < -0.3 is 10.1 Å². The van der Waals surface area contributed by atoms with Gasteiger partial charge in [-0.2, -0.15) is 18.2 Å².